The lowest BCUT2D eigenvalue weighted by molar-refractivity contribution is 0.0738. The van der Waals surface area contributed by atoms with E-state index in [2.05, 4.69) is 35.4 Å². The maximum Gasteiger partial charge on any atom is 0.150 e. The lowest BCUT2D eigenvalue weighted by atomic mass is 9.75. The summed E-state index contributed by atoms with van der Waals surface area (Å²) >= 11 is 0. The lowest BCUT2D eigenvalue weighted by Crippen LogP contribution is -2.54. The van der Waals surface area contributed by atoms with Gasteiger partial charge in [-0.3, -0.25) is 0 Å². The summed E-state index contributed by atoms with van der Waals surface area (Å²) in [6.07, 6.45) is 5.25. The molecule has 0 atom stereocenters. The summed E-state index contributed by atoms with van der Waals surface area (Å²) in [4.78, 5) is 6.46. The summed E-state index contributed by atoms with van der Waals surface area (Å²) < 4.78 is 0. The quantitative estimate of drug-likeness (QED) is 0.839. The van der Waals surface area contributed by atoms with Crippen molar-refractivity contribution in [3.63, 3.8) is 0 Å². The molecule has 5 heteroatoms. The first-order chi connectivity index (χ1) is 8.59. The molecule has 0 bridgehead atoms. The van der Waals surface area contributed by atoms with Gasteiger partial charge in [-0.25, -0.2) is 4.98 Å². The molecule has 1 aliphatic carbocycles. The zero-order valence-corrected chi connectivity index (χ0v) is 10.9. The number of hydrogen-bond donors (Lipinski definition) is 2. The Morgan fingerprint density at radius 2 is 2.28 bits per heavy atom. The van der Waals surface area contributed by atoms with E-state index in [1.807, 2.05) is 0 Å². The first-order valence-electron chi connectivity index (χ1n) is 6.15. The summed E-state index contributed by atoms with van der Waals surface area (Å²) in [5, 5.41) is 12.2. The van der Waals surface area contributed by atoms with Crippen molar-refractivity contribution in [2.45, 2.75) is 24.8 Å². The second-order valence-corrected chi connectivity index (χ2v) is 5.06. The third kappa shape index (κ3) is 2.12. The van der Waals surface area contributed by atoms with Gasteiger partial charge in [-0.1, -0.05) is 0 Å². The molecule has 0 radical (unpaired) electrons. The van der Waals surface area contributed by atoms with Gasteiger partial charge in [0.25, 0.3) is 0 Å². The second-order valence-electron chi connectivity index (χ2n) is 5.06. The van der Waals surface area contributed by atoms with E-state index in [1.165, 1.54) is 19.3 Å². The molecule has 1 aromatic heterocycles. The molecule has 96 valence electrons. The first kappa shape index (κ1) is 12.7. The van der Waals surface area contributed by atoms with Gasteiger partial charge in [0.2, 0.25) is 0 Å². The predicted octanol–water partition coefficient (Wildman–Crippen LogP) is 1.43. The Hall–Kier alpha value is -1.80. The third-order valence-corrected chi connectivity index (χ3v) is 3.93. The number of nitrogens with one attached hydrogen (secondary N) is 1. The van der Waals surface area contributed by atoms with Crippen LogP contribution in [0.2, 0.25) is 0 Å². The highest BCUT2D eigenvalue weighted by Gasteiger charge is 2.38. The van der Waals surface area contributed by atoms with Crippen molar-refractivity contribution in [3.8, 4) is 6.07 Å². The average Bonchev–Trinajstić information content (AvgIpc) is 2.29. The van der Waals surface area contributed by atoms with E-state index in [-0.39, 0.29) is 5.54 Å². The van der Waals surface area contributed by atoms with E-state index >= 15 is 0 Å². The van der Waals surface area contributed by atoms with Crippen LogP contribution in [0.3, 0.4) is 0 Å². The van der Waals surface area contributed by atoms with Crippen LogP contribution < -0.4 is 11.1 Å². The van der Waals surface area contributed by atoms with Gasteiger partial charge < -0.3 is 16.0 Å². The molecule has 0 amide bonds. The fraction of sp³-hybridized carbons (Fsp3) is 0.538. The minimum Gasteiger partial charge on any atom is -0.395 e. The molecule has 5 nitrogen and oxygen atoms in total. The fourth-order valence-electron chi connectivity index (χ4n) is 2.33. The topological polar surface area (TPSA) is 78.0 Å². The molecule has 2 rings (SSSR count). The van der Waals surface area contributed by atoms with Crippen LogP contribution in [0.5, 0.6) is 0 Å². The molecule has 1 fully saturated rings. The first-order valence-corrected chi connectivity index (χ1v) is 6.15. The van der Waals surface area contributed by atoms with Crippen LogP contribution in [0.1, 0.15) is 24.8 Å². The van der Waals surface area contributed by atoms with E-state index in [4.69, 9.17) is 11.0 Å². The summed E-state index contributed by atoms with van der Waals surface area (Å²) in [7, 11) is 4.20. The van der Waals surface area contributed by atoms with Crippen molar-refractivity contribution in [1.29, 1.82) is 5.26 Å². The molecule has 0 aliphatic heterocycles. The number of nitrogens with zero attached hydrogens (tertiary/aromatic N) is 3. The van der Waals surface area contributed by atoms with Gasteiger partial charge in [-0.2, -0.15) is 5.26 Å². The van der Waals surface area contributed by atoms with E-state index in [9.17, 15) is 0 Å². The number of pyridine rings is 1. The highest BCUT2D eigenvalue weighted by atomic mass is 15.2. The number of likely N-dealkylation sites (N-methyl/N-ethyl adjacent to an activating group) is 1. The number of nitrogens with two attached hydrogens (primary N) is 1. The normalized spacial score (nSPS) is 17.0. The van der Waals surface area contributed by atoms with Gasteiger partial charge in [-0.05, 0) is 39.4 Å². The molecule has 1 aromatic rings. The van der Waals surface area contributed by atoms with Gasteiger partial charge >= 0.3 is 0 Å². The smallest absolute Gasteiger partial charge is 0.150 e. The largest absolute Gasteiger partial charge is 0.395 e. The van der Waals surface area contributed by atoms with E-state index < -0.39 is 0 Å². The summed E-state index contributed by atoms with van der Waals surface area (Å²) in [5.41, 5.74) is 7.01. The summed E-state index contributed by atoms with van der Waals surface area (Å²) in [6.45, 7) is 0.812. The molecule has 0 unspecified atom stereocenters. The number of nitriles is 1. The molecule has 1 saturated carbocycles. The van der Waals surface area contributed by atoms with Crippen LogP contribution in [-0.4, -0.2) is 36.1 Å². The highest BCUT2D eigenvalue weighted by Crippen LogP contribution is 2.36. The number of hydrogen-bond acceptors (Lipinski definition) is 5. The van der Waals surface area contributed by atoms with Crippen molar-refractivity contribution in [2.75, 3.05) is 31.7 Å². The van der Waals surface area contributed by atoms with Crippen molar-refractivity contribution >= 4 is 11.5 Å². The Morgan fingerprint density at radius 1 is 1.56 bits per heavy atom. The number of rotatable bonds is 4. The molecule has 1 aliphatic rings. The van der Waals surface area contributed by atoms with Crippen molar-refractivity contribution in [1.82, 2.24) is 9.88 Å². The van der Waals surface area contributed by atoms with E-state index in [0.29, 0.717) is 17.1 Å². The molecule has 1 heterocycles. The summed E-state index contributed by atoms with van der Waals surface area (Å²) in [6, 6.07) is 3.70. The maximum atomic E-state index is 8.92. The second kappa shape index (κ2) is 4.83. The Morgan fingerprint density at radius 3 is 2.78 bits per heavy atom. The fourth-order valence-corrected chi connectivity index (χ4v) is 2.33. The Labute approximate surface area is 108 Å². The van der Waals surface area contributed by atoms with Gasteiger partial charge in [0.05, 0.1) is 11.3 Å². The van der Waals surface area contributed by atoms with Gasteiger partial charge in [0.1, 0.15) is 6.07 Å². The molecule has 0 saturated heterocycles. The van der Waals surface area contributed by atoms with Crippen LogP contribution >= 0.6 is 0 Å². The molecule has 18 heavy (non-hydrogen) atoms. The van der Waals surface area contributed by atoms with Crippen LogP contribution in [0.4, 0.5) is 11.5 Å². The van der Waals surface area contributed by atoms with Crippen LogP contribution in [0, 0.1) is 11.3 Å². The third-order valence-electron chi connectivity index (χ3n) is 3.93. The molecule has 0 spiro atoms. The predicted molar refractivity (Wildman–Crippen MR) is 72.1 cm³/mol. The van der Waals surface area contributed by atoms with E-state index in [1.54, 1.807) is 12.3 Å². The Balaban J connectivity index is 2.09. The molecule has 0 aromatic carbocycles. The molecule has 3 N–H and O–H groups in total. The van der Waals surface area contributed by atoms with Crippen molar-refractivity contribution in [3.05, 3.63) is 17.8 Å². The number of anilines is 2. The standard InChI is InChI=1S/C13H19N5/c1-18(2)13(5-3-6-13)9-17-12-11(15)10(8-14)4-7-16-12/h4,7H,3,5-6,9,15H2,1-2H3,(H,16,17). The highest BCUT2D eigenvalue weighted by molar-refractivity contribution is 5.68. The SMILES string of the molecule is CN(C)C1(CNc2nccc(C#N)c2N)CCC1. The summed E-state index contributed by atoms with van der Waals surface area (Å²) in [5.74, 6) is 0.613. The van der Waals surface area contributed by atoms with Gasteiger partial charge in [0, 0.05) is 18.3 Å². The number of nitrogen functional groups attached to an aromatic ring is 1. The monoisotopic (exact) mass is 245 g/mol. The Bertz CT molecular complexity index is 471. The molecular weight excluding hydrogens is 226 g/mol. The van der Waals surface area contributed by atoms with E-state index in [0.717, 1.165) is 6.54 Å². The number of aromatic nitrogens is 1. The van der Waals surface area contributed by atoms with Gasteiger partial charge in [0.15, 0.2) is 5.82 Å². The lowest BCUT2D eigenvalue weighted by Gasteiger charge is -2.47. The van der Waals surface area contributed by atoms with Crippen LogP contribution in [0.15, 0.2) is 12.3 Å². The minimum atomic E-state index is 0.205. The Kier molecular flexibility index (Phi) is 3.39. The van der Waals surface area contributed by atoms with Crippen LogP contribution in [-0.2, 0) is 0 Å². The molecular formula is C13H19N5. The zero-order valence-electron chi connectivity index (χ0n) is 10.9. The van der Waals surface area contributed by atoms with Gasteiger partial charge in [-0.15, -0.1) is 0 Å². The zero-order chi connectivity index (χ0) is 13.2. The van der Waals surface area contributed by atoms with Crippen molar-refractivity contribution in [2.24, 2.45) is 0 Å². The van der Waals surface area contributed by atoms with Crippen molar-refractivity contribution < 1.29 is 0 Å². The maximum absolute atomic E-state index is 8.92. The minimum absolute atomic E-state index is 0.205. The van der Waals surface area contributed by atoms with Crippen LogP contribution in [0.25, 0.3) is 0 Å². The average molecular weight is 245 g/mol.